The zero-order chi connectivity index (χ0) is 27.2. The smallest absolute Gasteiger partial charge is 0.231 e. The van der Waals surface area contributed by atoms with E-state index < -0.39 is 0 Å². The van der Waals surface area contributed by atoms with E-state index in [1.807, 2.05) is 19.1 Å². The Labute approximate surface area is 232 Å². The van der Waals surface area contributed by atoms with Crippen LogP contribution in [0.25, 0.3) is 10.9 Å². The largest absolute Gasteiger partial charge is 0.493 e. The van der Waals surface area contributed by atoms with Crippen molar-refractivity contribution in [3.63, 3.8) is 0 Å². The van der Waals surface area contributed by atoms with Gasteiger partial charge in [-0.2, -0.15) is 0 Å². The maximum Gasteiger partial charge on any atom is 0.231 e. The molecule has 206 valence electrons. The summed E-state index contributed by atoms with van der Waals surface area (Å²) in [4.78, 5) is 11.3. The van der Waals surface area contributed by atoms with Gasteiger partial charge in [0.05, 0.1) is 43.0 Å². The fourth-order valence-electron chi connectivity index (χ4n) is 4.33. The van der Waals surface area contributed by atoms with Gasteiger partial charge in [-0.05, 0) is 25.5 Å². The van der Waals surface area contributed by atoms with Gasteiger partial charge < -0.3 is 33.7 Å². The Bertz CT molecular complexity index is 1390. The molecule has 0 aliphatic carbocycles. The van der Waals surface area contributed by atoms with Gasteiger partial charge in [0, 0.05) is 38.2 Å². The summed E-state index contributed by atoms with van der Waals surface area (Å²) >= 11 is 6.68. The molecule has 0 spiro atoms. The molecule has 2 aliphatic rings. The van der Waals surface area contributed by atoms with Crippen LogP contribution in [-0.4, -0.2) is 81.4 Å². The number of fused-ring (bicyclic) bond motifs is 2. The molecule has 5 rings (SSSR count). The summed E-state index contributed by atoms with van der Waals surface area (Å²) in [7, 11) is 3.21. The molecule has 3 aromatic rings. The Hall–Kier alpha value is -3.49. The average Bonchev–Trinajstić information content (AvgIpc) is 3.46. The van der Waals surface area contributed by atoms with Crippen LogP contribution in [0.3, 0.4) is 0 Å². The third-order valence-corrected chi connectivity index (χ3v) is 6.80. The second kappa shape index (κ2) is 12.6. The summed E-state index contributed by atoms with van der Waals surface area (Å²) in [6.07, 6.45) is 2.14. The maximum atomic E-state index is 6.68. The molecule has 11 heteroatoms. The van der Waals surface area contributed by atoms with Gasteiger partial charge in [0.15, 0.2) is 23.0 Å². The molecule has 1 atom stereocenters. The van der Waals surface area contributed by atoms with Crippen molar-refractivity contribution in [3.05, 3.63) is 35.1 Å². The van der Waals surface area contributed by atoms with Crippen LogP contribution in [0.4, 0.5) is 11.5 Å². The summed E-state index contributed by atoms with van der Waals surface area (Å²) in [5.41, 5.74) is 1.83. The van der Waals surface area contributed by atoms with Crippen molar-refractivity contribution < 1.29 is 28.4 Å². The van der Waals surface area contributed by atoms with Crippen molar-refractivity contribution in [2.75, 3.05) is 65.8 Å². The summed E-state index contributed by atoms with van der Waals surface area (Å²) in [6, 6.07) is 5.45. The number of halogens is 1. The van der Waals surface area contributed by atoms with Crippen molar-refractivity contribution >= 4 is 34.0 Å². The Kier molecular flexibility index (Phi) is 8.74. The molecule has 0 bridgehead atoms. The zero-order valence-electron chi connectivity index (χ0n) is 22.2. The van der Waals surface area contributed by atoms with Crippen LogP contribution in [0, 0.1) is 11.8 Å². The minimum atomic E-state index is -0.236. The van der Waals surface area contributed by atoms with E-state index in [0.29, 0.717) is 57.2 Å². The number of morpholine rings is 1. The van der Waals surface area contributed by atoms with Crippen molar-refractivity contribution in [2.45, 2.75) is 19.4 Å². The van der Waals surface area contributed by atoms with Gasteiger partial charge in [-0.15, -0.1) is 0 Å². The molecule has 1 unspecified atom stereocenters. The van der Waals surface area contributed by atoms with Gasteiger partial charge in [-0.3, -0.25) is 4.90 Å². The molecule has 1 aromatic heterocycles. The van der Waals surface area contributed by atoms with Crippen LogP contribution in [0.5, 0.6) is 23.0 Å². The molecule has 10 nitrogen and oxygen atoms in total. The predicted molar refractivity (Wildman–Crippen MR) is 148 cm³/mol. The van der Waals surface area contributed by atoms with E-state index in [2.05, 4.69) is 32.0 Å². The molecule has 2 aromatic carbocycles. The Balaban J connectivity index is 1.37. The number of methoxy groups -OCH3 is 2. The topological polar surface area (TPSA) is 96.4 Å². The summed E-state index contributed by atoms with van der Waals surface area (Å²) in [5.74, 6) is 8.80. The quantitative estimate of drug-likeness (QED) is 0.305. The molecule has 39 heavy (non-hydrogen) atoms. The molecule has 0 saturated carbocycles. The van der Waals surface area contributed by atoms with Crippen molar-refractivity contribution in [2.24, 2.45) is 0 Å². The van der Waals surface area contributed by atoms with Gasteiger partial charge in [0.25, 0.3) is 0 Å². The normalized spacial score (nSPS) is 15.5. The monoisotopic (exact) mass is 554 g/mol. The first-order valence-electron chi connectivity index (χ1n) is 12.8. The molecule has 1 saturated heterocycles. The minimum Gasteiger partial charge on any atom is -0.493 e. The Morgan fingerprint density at radius 3 is 2.72 bits per heavy atom. The minimum absolute atomic E-state index is 0.0590. The molecule has 0 radical (unpaired) electrons. The molecule has 1 N–H and O–H groups in total. The summed E-state index contributed by atoms with van der Waals surface area (Å²) in [6.45, 7) is 6.93. The third-order valence-electron chi connectivity index (χ3n) is 6.50. The van der Waals surface area contributed by atoms with Gasteiger partial charge in [0.1, 0.15) is 23.9 Å². The highest BCUT2D eigenvalue weighted by molar-refractivity contribution is 6.34. The van der Waals surface area contributed by atoms with E-state index in [9.17, 15) is 0 Å². The van der Waals surface area contributed by atoms with Gasteiger partial charge in [0.2, 0.25) is 6.79 Å². The highest BCUT2D eigenvalue weighted by Gasteiger charge is 2.25. The first-order chi connectivity index (χ1) is 19.1. The van der Waals surface area contributed by atoms with Crippen LogP contribution in [0.2, 0.25) is 5.02 Å². The number of benzene rings is 2. The Morgan fingerprint density at radius 2 is 1.92 bits per heavy atom. The predicted octanol–water partition coefficient (Wildman–Crippen LogP) is 4.25. The zero-order valence-corrected chi connectivity index (χ0v) is 23.0. The summed E-state index contributed by atoms with van der Waals surface area (Å²) in [5, 5.41) is 4.45. The van der Waals surface area contributed by atoms with E-state index in [1.165, 1.54) is 6.33 Å². The first kappa shape index (κ1) is 27.1. The van der Waals surface area contributed by atoms with Gasteiger partial charge in [-0.25, -0.2) is 9.97 Å². The van der Waals surface area contributed by atoms with Crippen LogP contribution in [-0.2, 0) is 9.47 Å². The number of rotatable bonds is 9. The molecule has 3 heterocycles. The van der Waals surface area contributed by atoms with Crippen LogP contribution < -0.4 is 24.3 Å². The third kappa shape index (κ3) is 6.23. The lowest BCUT2D eigenvalue weighted by atomic mass is 10.1. The van der Waals surface area contributed by atoms with Crippen LogP contribution in [0.1, 0.15) is 18.9 Å². The number of nitrogens with zero attached hydrogens (tertiary/aromatic N) is 3. The van der Waals surface area contributed by atoms with Crippen LogP contribution >= 0.6 is 11.6 Å². The number of anilines is 2. The molecular weight excluding hydrogens is 524 g/mol. The number of ether oxygens (including phenoxy) is 6. The molecular formula is C28H31ClN4O6. The second-order valence-corrected chi connectivity index (χ2v) is 9.42. The highest BCUT2D eigenvalue weighted by atomic mass is 35.5. The van der Waals surface area contributed by atoms with Crippen molar-refractivity contribution in [3.8, 4) is 34.8 Å². The summed E-state index contributed by atoms with van der Waals surface area (Å²) < 4.78 is 33.8. The Morgan fingerprint density at radius 1 is 1.10 bits per heavy atom. The number of nitrogens with one attached hydrogen (secondary N) is 1. The van der Waals surface area contributed by atoms with E-state index in [-0.39, 0.29) is 12.9 Å². The number of hydrogen-bond donors (Lipinski definition) is 1. The van der Waals surface area contributed by atoms with Gasteiger partial charge in [-0.1, -0.05) is 23.4 Å². The van der Waals surface area contributed by atoms with E-state index in [4.69, 9.17) is 40.0 Å². The fourth-order valence-corrected chi connectivity index (χ4v) is 4.58. The standard InChI is InChI=1S/C28H31ClN4O6/c1-18(34-2)5-6-19-13-21(29)25(27-26(19)38-17-39-27)32-28-20-14-23(35-3)24(15-22(20)30-16-31-28)37-10-4-7-33-8-11-36-12-9-33/h13-16,18H,4,7-12,17H2,1-3H3,(H,30,31,32). The maximum absolute atomic E-state index is 6.68. The van der Waals surface area contributed by atoms with E-state index in [1.54, 1.807) is 20.3 Å². The fraction of sp³-hybridized carbons (Fsp3) is 0.429. The average molecular weight is 555 g/mol. The van der Waals surface area contributed by atoms with Gasteiger partial charge >= 0.3 is 0 Å². The van der Waals surface area contributed by atoms with Crippen molar-refractivity contribution in [1.82, 2.24) is 14.9 Å². The number of hydrogen-bond acceptors (Lipinski definition) is 10. The number of aromatic nitrogens is 2. The lowest BCUT2D eigenvalue weighted by Crippen LogP contribution is -2.37. The first-order valence-corrected chi connectivity index (χ1v) is 13.1. The van der Waals surface area contributed by atoms with Crippen molar-refractivity contribution in [1.29, 1.82) is 0 Å². The van der Waals surface area contributed by atoms with Crippen LogP contribution in [0.15, 0.2) is 24.5 Å². The van der Waals surface area contributed by atoms with E-state index in [0.717, 1.165) is 44.7 Å². The molecule has 1 fully saturated rings. The lowest BCUT2D eigenvalue weighted by molar-refractivity contribution is 0.0357. The SMILES string of the molecule is COc1cc2c(Nc3c(Cl)cc(C#CC(C)OC)c4c3OCO4)ncnc2cc1OCCCN1CCOCC1. The highest BCUT2D eigenvalue weighted by Crippen LogP contribution is 2.47. The molecule has 2 aliphatic heterocycles. The van der Waals surface area contributed by atoms with E-state index >= 15 is 0 Å². The molecule has 0 amide bonds. The second-order valence-electron chi connectivity index (χ2n) is 9.02. The lowest BCUT2D eigenvalue weighted by Gasteiger charge is -2.26.